The van der Waals surface area contributed by atoms with Gasteiger partial charge in [0.05, 0.1) is 6.04 Å². The van der Waals surface area contributed by atoms with Gasteiger partial charge in [0.25, 0.3) is 0 Å². The highest BCUT2D eigenvalue weighted by molar-refractivity contribution is 6.39. The van der Waals surface area contributed by atoms with Gasteiger partial charge in [-0.15, -0.1) is 0 Å². The van der Waals surface area contributed by atoms with Gasteiger partial charge in [0.1, 0.15) is 0 Å². The number of hydrogen-bond acceptors (Lipinski definition) is 4. The number of benzene rings is 2. The van der Waals surface area contributed by atoms with Crippen molar-refractivity contribution in [3.05, 3.63) is 58.7 Å². The number of amides is 2. The van der Waals surface area contributed by atoms with E-state index >= 15 is 0 Å². The zero-order chi connectivity index (χ0) is 22.0. The van der Waals surface area contributed by atoms with E-state index in [4.69, 9.17) is 0 Å². The maximum absolute atomic E-state index is 12.5. The SMILES string of the molecule is Cc1ccc(NC(=O)C(=O)NCC(c2ccc3c(c2)CCN3C)N2CCCC2)cc1C. The van der Waals surface area contributed by atoms with E-state index in [0.29, 0.717) is 12.2 Å². The van der Waals surface area contributed by atoms with Crippen molar-refractivity contribution in [2.45, 2.75) is 39.2 Å². The first-order valence-electron chi connectivity index (χ1n) is 11.2. The second-order valence-electron chi connectivity index (χ2n) is 8.78. The summed E-state index contributed by atoms with van der Waals surface area (Å²) in [7, 11) is 2.12. The predicted molar refractivity (Wildman–Crippen MR) is 125 cm³/mol. The van der Waals surface area contributed by atoms with E-state index in [1.54, 1.807) is 0 Å². The van der Waals surface area contributed by atoms with Gasteiger partial charge in [0, 0.05) is 31.5 Å². The second-order valence-corrected chi connectivity index (χ2v) is 8.78. The Morgan fingerprint density at radius 1 is 0.968 bits per heavy atom. The Bertz CT molecular complexity index is 981. The summed E-state index contributed by atoms with van der Waals surface area (Å²) in [6.07, 6.45) is 3.40. The standard InChI is InChI=1S/C25H32N4O2/c1-17-6-8-21(14-18(17)2)27-25(31)24(30)26-16-23(29-11-4-5-12-29)19-7-9-22-20(15-19)10-13-28(22)3/h6-9,14-15,23H,4-5,10-13,16H2,1-3H3,(H,26,30)(H,27,31). The van der Waals surface area contributed by atoms with Crippen LogP contribution in [-0.4, -0.2) is 49.9 Å². The van der Waals surface area contributed by atoms with E-state index in [1.165, 1.54) is 29.7 Å². The molecule has 31 heavy (non-hydrogen) atoms. The molecule has 0 bridgehead atoms. The zero-order valence-corrected chi connectivity index (χ0v) is 18.7. The maximum atomic E-state index is 12.5. The first-order chi connectivity index (χ1) is 14.9. The zero-order valence-electron chi connectivity index (χ0n) is 18.7. The van der Waals surface area contributed by atoms with Crippen LogP contribution in [0.3, 0.4) is 0 Å². The van der Waals surface area contributed by atoms with Crippen LogP contribution in [0.25, 0.3) is 0 Å². The molecule has 2 amide bonds. The Hall–Kier alpha value is -2.86. The highest BCUT2D eigenvalue weighted by atomic mass is 16.2. The molecular formula is C25H32N4O2. The molecule has 0 spiro atoms. The number of fused-ring (bicyclic) bond motifs is 1. The molecule has 4 rings (SSSR count). The smallest absolute Gasteiger partial charge is 0.313 e. The van der Waals surface area contributed by atoms with Crippen LogP contribution >= 0.6 is 0 Å². The summed E-state index contributed by atoms with van der Waals surface area (Å²) >= 11 is 0. The molecule has 1 atom stereocenters. The number of carbonyl (C=O) groups excluding carboxylic acids is 2. The minimum Gasteiger partial charge on any atom is -0.374 e. The van der Waals surface area contributed by atoms with Crippen LogP contribution in [0.2, 0.25) is 0 Å². The van der Waals surface area contributed by atoms with Gasteiger partial charge in [-0.3, -0.25) is 14.5 Å². The van der Waals surface area contributed by atoms with Crippen molar-refractivity contribution >= 4 is 23.2 Å². The Morgan fingerprint density at radius 2 is 1.74 bits per heavy atom. The summed E-state index contributed by atoms with van der Waals surface area (Å²) in [5.41, 5.74) is 6.74. The number of aryl methyl sites for hydroxylation is 2. The maximum Gasteiger partial charge on any atom is 0.313 e. The van der Waals surface area contributed by atoms with Gasteiger partial charge in [-0.1, -0.05) is 18.2 Å². The highest BCUT2D eigenvalue weighted by Crippen LogP contribution is 2.32. The van der Waals surface area contributed by atoms with Gasteiger partial charge in [-0.2, -0.15) is 0 Å². The highest BCUT2D eigenvalue weighted by Gasteiger charge is 2.27. The number of likely N-dealkylation sites (N-methyl/N-ethyl adjacent to an activating group) is 1. The first kappa shape index (κ1) is 21.4. The molecule has 1 saturated heterocycles. The number of anilines is 2. The van der Waals surface area contributed by atoms with Crippen LogP contribution in [0.15, 0.2) is 36.4 Å². The first-order valence-corrected chi connectivity index (χ1v) is 11.2. The van der Waals surface area contributed by atoms with Crippen LogP contribution < -0.4 is 15.5 Å². The third kappa shape index (κ3) is 4.74. The number of nitrogens with zero attached hydrogens (tertiary/aromatic N) is 2. The molecule has 0 saturated carbocycles. The van der Waals surface area contributed by atoms with Crippen molar-refractivity contribution in [1.29, 1.82) is 0 Å². The third-order valence-electron chi connectivity index (χ3n) is 6.62. The van der Waals surface area contributed by atoms with Crippen LogP contribution in [0.5, 0.6) is 0 Å². The molecule has 0 aliphatic carbocycles. The van der Waals surface area contributed by atoms with Crippen LogP contribution in [0.4, 0.5) is 11.4 Å². The molecule has 2 N–H and O–H groups in total. The van der Waals surface area contributed by atoms with E-state index in [-0.39, 0.29) is 6.04 Å². The summed E-state index contributed by atoms with van der Waals surface area (Å²) < 4.78 is 0. The van der Waals surface area contributed by atoms with Crippen LogP contribution in [0.1, 0.15) is 41.1 Å². The molecule has 1 fully saturated rings. The summed E-state index contributed by atoms with van der Waals surface area (Å²) in [5, 5.41) is 5.59. The molecule has 2 aromatic rings. The van der Waals surface area contributed by atoms with Crippen molar-refractivity contribution in [3.63, 3.8) is 0 Å². The molecule has 6 nitrogen and oxygen atoms in total. The van der Waals surface area contributed by atoms with Gasteiger partial charge in [-0.25, -0.2) is 0 Å². The lowest BCUT2D eigenvalue weighted by molar-refractivity contribution is -0.136. The lowest BCUT2D eigenvalue weighted by atomic mass is 10.0. The fourth-order valence-corrected chi connectivity index (χ4v) is 4.58. The van der Waals surface area contributed by atoms with Gasteiger partial charge in [0.15, 0.2) is 0 Å². The summed E-state index contributed by atoms with van der Waals surface area (Å²) in [5.74, 6) is -1.22. The summed E-state index contributed by atoms with van der Waals surface area (Å²) in [4.78, 5) is 29.7. The number of hydrogen-bond donors (Lipinski definition) is 2. The molecule has 1 unspecified atom stereocenters. The second kappa shape index (κ2) is 9.10. The molecule has 2 aromatic carbocycles. The van der Waals surface area contributed by atoms with Crippen LogP contribution in [0, 0.1) is 13.8 Å². The van der Waals surface area contributed by atoms with Crippen molar-refractivity contribution in [3.8, 4) is 0 Å². The quantitative estimate of drug-likeness (QED) is 0.730. The van der Waals surface area contributed by atoms with Crippen molar-refractivity contribution in [1.82, 2.24) is 10.2 Å². The number of rotatable bonds is 5. The fraction of sp³-hybridized carbons (Fsp3) is 0.440. The lowest BCUT2D eigenvalue weighted by Crippen LogP contribution is -2.41. The van der Waals surface area contributed by atoms with Gasteiger partial charge < -0.3 is 15.5 Å². The Labute approximate surface area is 184 Å². The van der Waals surface area contributed by atoms with E-state index in [1.807, 2.05) is 32.0 Å². The third-order valence-corrected chi connectivity index (χ3v) is 6.62. The fourth-order valence-electron chi connectivity index (χ4n) is 4.58. The van der Waals surface area contributed by atoms with Gasteiger partial charge >= 0.3 is 11.8 Å². The number of carbonyl (C=O) groups is 2. The van der Waals surface area contributed by atoms with Crippen LogP contribution in [-0.2, 0) is 16.0 Å². The minimum absolute atomic E-state index is 0.0806. The lowest BCUT2D eigenvalue weighted by Gasteiger charge is -2.28. The average molecular weight is 421 g/mol. The number of likely N-dealkylation sites (tertiary alicyclic amines) is 1. The van der Waals surface area contributed by atoms with E-state index in [9.17, 15) is 9.59 Å². The predicted octanol–water partition coefficient (Wildman–Crippen LogP) is 3.19. The molecule has 2 aliphatic rings. The van der Waals surface area contributed by atoms with Gasteiger partial charge in [0.2, 0.25) is 0 Å². The van der Waals surface area contributed by atoms with Crippen molar-refractivity contribution < 1.29 is 9.59 Å². The average Bonchev–Trinajstić information content (AvgIpc) is 3.41. The van der Waals surface area contributed by atoms with Crippen molar-refractivity contribution in [2.24, 2.45) is 0 Å². The molecular weight excluding hydrogens is 388 g/mol. The Balaban J connectivity index is 1.43. The summed E-state index contributed by atoms with van der Waals surface area (Å²) in [6, 6.07) is 12.4. The largest absolute Gasteiger partial charge is 0.374 e. The molecule has 164 valence electrons. The Kier molecular flexibility index (Phi) is 6.28. The van der Waals surface area contributed by atoms with Gasteiger partial charge in [-0.05, 0) is 86.7 Å². The molecule has 2 aliphatic heterocycles. The monoisotopic (exact) mass is 420 g/mol. The molecule has 6 heteroatoms. The normalized spacial score (nSPS) is 16.8. The molecule has 0 radical (unpaired) electrons. The van der Waals surface area contributed by atoms with Crippen molar-refractivity contribution in [2.75, 3.05) is 43.4 Å². The summed E-state index contributed by atoms with van der Waals surface area (Å²) in [6.45, 7) is 7.51. The molecule has 2 heterocycles. The topological polar surface area (TPSA) is 64.7 Å². The van der Waals surface area contributed by atoms with E-state index in [0.717, 1.165) is 37.2 Å². The number of nitrogens with one attached hydrogen (secondary N) is 2. The van der Waals surface area contributed by atoms with E-state index in [2.05, 4.69) is 45.7 Å². The molecule has 0 aromatic heterocycles. The van der Waals surface area contributed by atoms with E-state index < -0.39 is 11.8 Å². The minimum atomic E-state index is -0.626. The Morgan fingerprint density at radius 3 is 2.48 bits per heavy atom.